The number of rotatable bonds is 1. The smallest absolute Gasteiger partial charge is 0.410 e. The maximum Gasteiger partial charge on any atom is 0.410 e. The number of nitrogens with zero attached hydrogens (tertiary/aromatic N) is 1. The van der Waals surface area contributed by atoms with Gasteiger partial charge in [0.05, 0.1) is 0 Å². The molecule has 1 atom stereocenters. The maximum absolute atomic E-state index is 12.1. The molecule has 1 aromatic rings. The standard InChI is InChI=1S/C15H21NO2S/c1-15(2,3)18-14(17)16-9-10-19-13(11-16)12-7-5-4-6-8-12/h4-8,13H,9-11H2,1-3H3/t13-/m0/s1. The molecule has 2 rings (SSSR count). The van der Waals surface area contributed by atoms with Gasteiger partial charge in [0.1, 0.15) is 5.60 Å². The quantitative estimate of drug-likeness (QED) is 0.785. The zero-order valence-corrected chi connectivity index (χ0v) is 12.6. The molecule has 3 nitrogen and oxygen atoms in total. The molecule has 1 amide bonds. The number of hydrogen-bond acceptors (Lipinski definition) is 3. The van der Waals surface area contributed by atoms with E-state index in [0.717, 1.165) is 18.8 Å². The van der Waals surface area contributed by atoms with E-state index in [9.17, 15) is 4.79 Å². The molecule has 1 heterocycles. The first-order valence-electron chi connectivity index (χ1n) is 6.60. The van der Waals surface area contributed by atoms with Crippen molar-refractivity contribution in [3.05, 3.63) is 35.9 Å². The van der Waals surface area contributed by atoms with Gasteiger partial charge in [-0.15, -0.1) is 0 Å². The third-order valence-electron chi connectivity index (χ3n) is 2.89. The van der Waals surface area contributed by atoms with Gasteiger partial charge < -0.3 is 9.64 Å². The molecule has 1 aromatic carbocycles. The highest BCUT2D eigenvalue weighted by molar-refractivity contribution is 7.99. The lowest BCUT2D eigenvalue weighted by atomic mass is 10.1. The van der Waals surface area contributed by atoms with Gasteiger partial charge in [-0.1, -0.05) is 30.3 Å². The molecule has 0 bridgehead atoms. The Morgan fingerprint density at radius 2 is 2.00 bits per heavy atom. The fourth-order valence-corrected chi connectivity index (χ4v) is 3.26. The highest BCUT2D eigenvalue weighted by Crippen LogP contribution is 2.33. The van der Waals surface area contributed by atoms with Crippen LogP contribution in [0.3, 0.4) is 0 Å². The van der Waals surface area contributed by atoms with Gasteiger partial charge in [-0.25, -0.2) is 4.79 Å². The van der Waals surface area contributed by atoms with E-state index >= 15 is 0 Å². The van der Waals surface area contributed by atoms with Gasteiger partial charge in [0.2, 0.25) is 0 Å². The van der Waals surface area contributed by atoms with Crippen LogP contribution in [0.5, 0.6) is 0 Å². The van der Waals surface area contributed by atoms with Crippen molar-refractivity contribution < 1.29 is 9.53 Å². The first kappa shape index (κ1) is 14.3. The third kappa shape index (κ3) is 4.16. The second kappa shape index (κ2) is 5.87. The highest BCUT2D eigenvalue weighted by atomic mass is 32.2. The van der Waals surface area contributed by atoms with Crippen LogP contribution in [0, 0.1) is 0 Å². The minimum Gasteiger partial charge on any atom is -0.444 e. The van der Waals surface area contributed by atoms with E-state index in [2.05, 4.69) is 12.1 Å². The second-order valence-electron chi connectivity index (χ2n) is 5.70. The Bertz CT molecular complexity index is 428. The summed E-state index contributed by atoms with van der Waals surface area (Å²) in [6.07, 6.45) is -0.200. The summed E-state index contributed by atoms with van der Waals surface area (Å²) in [5.74, 6) is 0.957. The zero-order valence-electron chi connectivity index (χ0n) is 11.8. The van der Waals surface area contributed by atoms with E-state index in [1.807, 2.05) is 55.6 Å². The van der Waals surface area contributed by atoms with Gasteiger partial charge in [0.25, 0.3) is 0 Å². The molecule has 1 saturated heterocycles. The Morgan fingerprint density at radius 1 is 1.32 bits per heavy atom. The zero-order chi connectivity index (χ0) is 13.9. The first-order valence-corrected chi connectivity index (χ1v) is 7.65. The van der Waals surface area contributed by atoms with Gasteiger partial charge in [-0.3, -0.25) is 0 Å². The summed E-state index contributed by atoms with van der Waals surface area (Å²) in [4.78, 5) is 13.9. The van der Waals surface area contributed by atoms with Gasteiger partial charge in [0.15, 0.2) is 0 Å². The second-order valence-corrected chi connectivity index (χ2v) is 7.01. The van der Waals surface area contributed by atoms with Crippen molar-refractivity contribution in [3.63, 3.8) is 0 Å². The van der Waals surface area contributed by atoms with Crippen LogP contribution >= 0.6 is 11.8 Å². The number of amides is 1. The van der Waals surface area contributed by atoms with E-state index in [4.69, 9.17) is 4.74 Å². The molecule has 19 heavy (non-hydrogen) atoms. The summed E-state index contributed by atoms with van der Waals surface area (Å²) in [5, 5.41) is 0.350. The van der Waals surface area contributed by atoms with E-state index in [1.54, 1.807) is 0 Å². The minimum absolute atomic E-state index is 0.200. The van der Waals surface area contributed by atoms with Crippen molar-refractivity contribution in [1.82, 2.24) is 4.90 Å². The Hall–Kier alpha value is -1.16. The van der Waals surface area contributed by atoms with Gasteiger partial charge >= 0.3 is 6.09 Å². The largest absolute Gasteiger partial charge is 0.444 e. The molecule has 0 saturated carbocycles. The van der Waals surface area contributed by atoms with Gasteiger partial charge in [-0.05, 0) is 26.3 Å². The van der Waals surface area contributed by atoms with Crippen LogP contribution in [0.25, 0.3) is 0 Å². The van der Waals surface area contributed by atoms with E-state index < -0.39 is 5.60 Å². The highest BCUT2D eigenvalue weighted by Gasteiger charge is 2.28. The molecule has 0 spiro atoms. The molecule has 0 unspecified atom stereocenters. The first-order chi connectivity index (χ1) is 8.96. The minimum atomic E-state index is -0.427. The van der Waals surface area contributed by atoms with Gasteiger partial charge in [-0.2, -0.15) is 11.8 Å². The summed E-state index contributed by atoms with van der Waals surface area (Å²) >= 11 is 1.91. The van der Waals surface area contributed by atoms with Crippen LogP contribution in [0.15, 0.2) is 30.3 Å². The lowest BCUT2D eigenvalue weighted by Gasteiger charge is -2.34. The number of ether oxygens (including phenoxy) is 1. The lowest BCUT2D eigenvalue weighted by Crippen LogP contribution is -2.42. The van der Waals surface area contributed by atoms with Crippen LogP contribution in [0.4, 0.5) is 4.79 Å². The van der Waals surface area contributed by atoms with Crippen LogP contribution in [-0.4, -0.2) is 35.4 Å². The molecular formula is C15H21NO2S. The monoisotopic (exact) mass is 279 g/mol. The van der Waals surface area contributed by atoms with Crippen molar-refractivity contribution >= 4 is 17.9 Å². The molecule has 0 N–H and O–H groups in total. The Kier molecular flexibility index (Phi) is 4.40. The molecule has 1 fully saturated rings. The number of carbonyl (C=O) groups is 1. The van der Waals surface area contributed by atoms with Crippen molar-refractivity contribution in [2.75, 3.05) is 18.8 Å². The topological polar surface area (TPSA) is 29.5 Å². The van der Waals surface area contributed by atoms with Gasteiger partial charge in [0, 0.05) is 24.1 Å². The molecule has 0 aliphatic carbocycles. The summed E-state index contributed by atoms with van der Waals surface area (Å²) in [6.45, 7) is 7.20. The Morgan fingerprint density at radius 3 is 2.63 bits per heavy atom. The van der Waals surface area contributed by atoms with Crippen molar-refractivity contribution in [3.8, 4) is 0 Å². The summed E-state index contributed by atoms with van der Waals surface area (Å²) in [7, 11) is 0. The predicted molar refractivity (Wildman–Crippen MR) is 79.4 cm³/mol. The van der Waals surface area contributed by atoms with E-state index in [-0.39, 0.29) is 6.09 Å². The Labute approximate surface area is 119 Å². The summed E-state index contributed by atoms with van der Waals surface area (Å²) in [6, 6.07) is 10.3. The fourth-order valence-electron chi connectivity index (χ4n) is 2.01. The maximum atomic E-state index is 12.1. The third-order valence-corrected chi connectivity index (χ3v) is 4.13. The predicted octanol–water partition coefficient (Wildman–Crippen LogP) is 3.71. The van der Waals surface area contributed by atoms with Crippen molar-refractivity contribution in [2.24, 2.45) is 0 Å². The Balaban J connectivity index is 2.00. The van der Waals surface area contributed by atoms with Crippen LogP contribution < -0.4 is 0 Å². The van der Waals surface area contributed by atoms with Crippen molar-refractivity contribution in [2.45, 2.75) is 31.6 Å². The number of benzene rings is 1. The molecule has 4 heteroatoms. The lowest BCUT2D eigenvalue weighted by molar-refractivity contribution is 0.0257. The van der Waals surface area contributed by atoms with E-state index in [0.29, 0.717) is 5.25 Å². The number of carbonyl (C=O) groups excluding carboxylic acids is 1. The summed E-state index contributed by atoms with van der Waals surface area (Å²) < 4.78 is 5.44. The van der Waals surface area contributed by atoms with Crippen LogP contribution in [0.2, 0.25) is 0 Å². The molecule has 1 aliphatic heterocycles. The summed E-state index contributed by atoms with van der Waals surface area (Å²) in [5.41, 5.74) is 0.852. The molecule has 0 aromatic heterocycles. The fraction of sp³-hybridized carbons (Fsp3) is 0.533. The van der Waals surface area contributed by atoms with Crippen LogP contribution in [0.1, 0.15) is 31.6 Å². The average molecular weight is 279 g/mol. The normalized spacial score (nSPS) is 20.2. The molecule has 0 radical (unpaired) electrons. The number of thioether (sulfide) groups is 1. The molecule has 104 valence electrons. The van der Waals surface area contributed by atoms with Crippen LogP contribution in [-0.2, 0) is 4.74 Å². The molecular weight excluding hydrogens is 258 g/mol. The average Bonchev–Trinajstić information content (AvgIpc) is 2.38. The SMILES string of the molecule is CC(C)(C)OC(=O)N1CCS[C@H](c2ccccc2)C1. The van der Waals surface area contributed by atoms with Crippen molar-refractivity contribution in [1.29, 1.82) is 0 Å². The van der Waals surface area contributed by atoms with E-state index in [1.165, 1.54) is 5.56 Å². The number of hydrogen-bond donors (Lipinski definition) is 0. The molecule has 1 aliphatic rings.